The van der Waals surface area contributed by atoms with Crippen LogP contribution in [0.1, 0.15) is 78.3 Å². The van der Waals surface area contributed by atoms with Crippen LogP contribution in [0.3, 0.4) is 0 Å². The summed E-state index contributed by atoms with van der Waals surface area (Å²) in [5.41, 5.74) is 2.43. The quantitative estimate of drug-likeness (QED) is 0.769. The summed E-state index contributed by atoms with van der Waals surface area (Å²) in [6.07, 6.45) is 11.1. The summed E-state index contributed by atoms with van der Waals surface area (Å²) in [6, 6.07) is 9.95. The van der Waals surface area contributed by atoms with Crippen molar-refractivity contribution in [2.75, 3.05) is 19.6 Å². The summed E-state index contributed by atoms with van der Waals surface area (Å²) < 4.78 is 0. The highest BCUT2D eigenvalue weighted by Gasteiger charge is 2.26. The fourth-order valence-corrected chi connectivity index (χ4v) is 4.95. The Morgan fingerprint density at radius 2 is 1.90 bits per heavy atom. The van der Waals surface area contributed by atoms with Crippen LogP contribution < -0.4 is 5.32 Å². The molecule has 1 atom stereocenters. The molecule has 1 aliphatic heterocycles. The molecule has 160 valence electrons. The molecule has 1 saturated heterocycles. The third-order valence-corrected chi connectivity index (χ3v) is 6.65. The first-order chi connectivity index (χ1) is 14.7. The van der Waals surface area contributed by atoms with Crippen LogP contribution in [0.4, 0.5) is 0 Å². The van der Waals surface area contributed by atoms with Crippen LogP contribution >= 0.6 is 0 Å². The second kappa shape index (κ2) is 10.2. The number of aromatic nitrogens is 2. The normalized spacial score (nSPS) is 20.8. The van der Waals surface area contributed by atoms with E-state index in [1.165, 1.54) is 51.6 Å². The number of rotatable bonds is 6. The average molecular weight is 407 g/mol. The van der Waals surface area contributed by atoms with Crippen molar-refractivity contribution in [1.82, 2.24) is 20.2 Å². The number of carbonyl (C=O) groups excluding carboxylic acids is 1. The van der Waals surface area contributed by atoms with E-state index in [1.807, 2.05) is 37.3 Å². The smallest absolute Gasteiger partial charge is 0.254 e. The Kier molecular flexibility index (Phi) is 7.11. The van der Waals surface area contributed by atoms with Crippen LogP contribution in [0.25, 0.3) is 0 Å². The fraction of sp³-hybridized carbons (Fsp3) is 0.560. The predicted octanol–water partition coefficient (Wildman–Crippen LogP) is 4.47. The Bertz CT molecular complexity index is 832. The topological polar surface area (TPSA) is 58.1 Å². The largest absolute Gasteiger partial charge is 0.348 e. The number of benzene rings is 1. The molecule has 5 heteroatoms. The highest BCUT2D eigenvalue weighted by Crippen LogP contribution is 2.29. The molecule has 2 aliphatic rings. The van der Waals surface area contributed by atoms with Crippen molar-refractivity contribution in [2.45, 2.75) is 64.3 Å². The molecule has 0 bridgehead atoms. The zero-order valence-electron chi connectivity index (χ0n) is 18.1. The van der Waals surface area contributed by atoms with E-state index >= 15 is 0 Å². The molecule has 0 spiro atoms. The van der Waals surface area contributed by atoms with Crippen molar-refractivity contribution in [3.05, 3.63) is 59.2 Å². The zero-order valence-corrected chi connectivity index (χ0v) is 18.1. The van der Waals surface area contributed by atoms with Crippen molar-refractivity contribution >= 4 is 5.91 Å². The molecule has 1 N–H and O–H groups in total. The van der Waals surface area contributed by atoms with Gasteiger partial charge in [-0.25, -0.2) is 9.97 Å². The van der Waals surface area contributed by atoms with Crippen LogP contribution in [0.2, 0.25) is 0 Å². The van der Waals surface area contributed by atoms with Gasteiger partial charge in [0.05, 0.1) is 11.3 Å². The monoisotopic (exact) mass is 406 g/mol. The summed E-state index contributed by atoms with van der Waals surface area (Å²) in [7, 11) is 0. The molecule has 1 amide bonds. The lowest BCUT2D eigenvalue weighted by molar-refractivity contribution is 0.0949. The van der Waals surface area contributed by atoms with Crippen LogP contribution in [0, 0.1) is 12.8 Å². The van der Waals surface area contributed by atoms with E-state index in [2.05, 4.69) is 15.2 Å². The lowest BCUT2D eigenvalue weighted by Crippen LogP contribution is -2.38. The number of carbonyl (C=O) groups is 1. The third kappa shape index (κ3) is 5.45. The van der Waals surface area contributed by atoms with E-state index in [0.29, 0.717) is 18.0 Å². The Morgan fingerprint density at radius 3 is 2.67 bits per heavy atom. The summed E-state index contributed by atoms with van der Waals surface area (Å²) in [4.78, 5) is 24.6. The number of nitrogens with zero attached hydrogens (tertiary/aromatic N) is 3. The second-order valence-electron chi connectivity index (χ2n) is 9.00. The molecule has 1 aliphatic carbocycles. The SMILES string of the molecule is Cc1nc([C@@H]2CCCN(CC3CCCCC3)C2)ncc1C(=O)NCc1ccccc1. The number of nitrogens with one attached hydrogen (secondary N) is 1. The predicted molar refractivity (Wildman–Crippen MR) is 119 cm³/mol. The lowest BCUT2D eigenvalue weighted by atomic mass is 9.88. The molecule has 4 rings (SSSR count). The summed E-state index contributed by atoms with van der Waals surface area (Å²) in [6.45, 7) is 5.92. The van der Waals surface area contributed by atoms with E-state index in [-0.39, 0.29) is 5.91 Å². The molecular formula is C25H34N4O. The van der Waals surface area contributed by atoms with E-state index in [9.17, 15) is 4.79 Å². The first kappa shape index (κ1) is 21.0. The Morgan fingerprint density at radius 1 is 1.10 bits per heavy atom. The standard InChI is InChI=1S/C25H34N4O/c1-19-23(25(30)27-15-20-9-4-2-5-10-20)16-26-24(28-19)22-13-8-14-29(18-22)17-21-11-6-3-7-12-21/h2,4-5,9-10,16,21-22H,3,6-8,11-15,17-18H2,1H3,(H,27,30)/t22-/m1/s1. The Hall–Kier alpha value is -2.27. The van der Waals surface area contributed by atoms with Gasteiger partial charge in [-0.2, -0.15) is 0 Å². The molecule has 30 heavy (non-hydrogen) atoms. The first-order valence-corrected chi connectivity index (χ1v) is 11.6. The van der Waals surface area contributed by atoms with Gasteiger partial charge in [-0.3, -0.25) is 4.79 Å². The van der Waals surface area contributed by atoms with Gasteiger partial charge >= 0.3 is 0 Å². The average Bonchev–Trinajstić information content (AvgIpc) is 2.79. The van der Waals surface area contributed by atoms with E-state index in [4.69, 9.17) is 4.98 Å². The second-order valence-corrected chi connectivity index (χ2v) is 9.00. The van der Waals surface area contributed by atoms with Crippen LogP contribution in [-0.4, -0.2) is 40.4 Å². The van der Waals surface area contributed by atoms with Gasteiger partial charge in [0, 0.05) is 31.7 Å². The number of aryl methyl sites for hydroxylation is 1. The number of hydrogen-bond donors (Lipinski definition) is 1. The minimum Gasteiger partial charge on any atom is -0.348 e. The van der Waals surface area contributed by atoms with E-state index < -0.39 is 0 Å². The van der Waals surface area contributed by atoms with Gasteiger partial charge in [-0.1, -0.05) is 49.6 Å². The van der Waals surface area contributed by atoms with Crippen LogP contribution in [0.5, 0.6) is 0 Å². The number of piperidine rings is 1. The van der Waals surface area contributed by atoms with Gasteiger partial charge in [0.25, 0.3) is 5.91 Å². The molecular weight excluding hydrogens is 372 g/mol. The van der Waals surface area contributed by atoms with Crippen LogP contribution in [0.15, 0.2) is 36.5 Å². The van der Waals surface area contributed by atoms with E-state index in [0.717, 1.165) is 36.0 Å². The number of amides is 1. The lowest BCUT2D eigenvalue weighted by Gasteiger charge is -2.35. The summed E-state index contributed by atoms with van der Waals surface area (Å²) >= 11 is 0. The van der Waals surface area contributed by atoms with Gasteiger partial charge < -0.3 is 10.2 Å². The molecule has 0 radical (unpaired) electrons. The van der Waals surface area contributed by atoms with Gasteiger partial charge in [0.1, 0.15) is 5.82 Å². The molecule has 1 aromatic carbocycles. The summed E-state index contributed by atoms with van der Waals surface area (Å²) in [5, 5.41) is 2.98. The van der Waals surface area contributed by atoms with Crippen molar-refractivity contribution in [3.8, 4) is 0 Å². The van der Waals surface area contributed by atoms with Gasteiger partial charge in [0.15, 0.2) is 0 Å². The van der Waals surface area contributed by atoms with E-state index in [1.54, 1.807) is 6.20 Å². The minimum absolute atomic E-state index is 0.106. The van der Waals surface area contributed by atoms with Gasteiger partial charge in [-0.15, -0.1) is 0 Å². The number of hydrogen-bond acceptors (Lipinski definition) is 4. The maximum atomic E-state index is 12.6. The maximum absolute atomic E-state index is 12.6. The van der Waals surface area contributed by atoms with Crippen molar-refractivity contribution in [3.63, 3.8) is 0 Å². The highest BCUT2D eigenvalue weighted by molar-refractivity contribution is 5.94. The third-order valence-electron chi connectivity index (χ3n) is 6.65. The summed E-state index contributed by atoms with van der Waals surface area (Å²) in [5.74, 6) is 2.05. The molecule has 1 saturated carbocycles. The molecule has 0 unspecified atom stereocenters. The molecule has 2 fully saturated rings. The first-order valence-electron chi connectivity index (χ1n) is 11.6. The molecule has 2 heterocycles. The number of likely N-dealkylation sites (tertiary alicyclic amines) is 1. The minimum atomic E-state index is -0.106. The van der Waals surface area contributed by atoms with Crippen molar-refractivity contribution < 1.29 is 4.79 Å². The van der Waals surface area contributed by atoms with Gasteiger partial charge in [0.2, 0.25) is 0 Å². The Labute approximate surface area is 180 Å². The molecule has 5 nitrogen and oxygen atoms in total. The fourth-order valence-electron chi connectivity index (χ4n) is 4.95. The molecule has 2 aromatic rings. The maximum Gasteiger partial charge on any atom is 0.254 e. The zero-order chi connectivity index (χ0) is 20.8. The molecule has 1 aromatic heterocycles. The van der Waals surface area contributed by atoms with Gasteiger partial charge in [-0.05, 0) is 50.6 Å². The Balaban J connectivity index is 1.35. The highest BCUT2D eigenvalue weighted by atomic mass is 16.1. The van der Waals surface area contributed by atoms with Crippen molar-refractivity contribution in [1.29, 1.82) is 0 Å². The van der Waals surface area contributed by atoms with Crippen LogP contribution in [-0.2, 0) is 6.54 Å². The van der Waals surface area contributed by atoms with Crippen molar-refractivity contribution in [2.24, 2.45) is 5.92 Å².